The predicted octanol–water partition coefficient (Wildman–Crippen LogP) is 6.23. The second-order valence-corrected chi connectivity index (χ2v) is 12.9. The Balaban J connectivity index is 1.94. The van der Waals surface area contributed by atoms with Gasteiger partial charge < -0.3 is 10.2 Å². The second-order valence-electron chi connectivity index (χ2n) is 10.1. The quantitative estimate of drug-likeness (QED) is 0.227. The summed E-state index contributed by atoms with van der Waals surface area (Å²) in [4.78, 5) is 29.0. The summed E-state index contributed by atoms with van der Waals surface area (Å²) in [6, 6.07) is 18.9. The van der Waals surface area contributed by atoms with E-state index in [2.05, 4.69) is 5.32 Å². The number of carbonyl (C=O) groups is 2. The molecule has 42 heavy (non-hydrogen) atoms. The smallest absolute Gasteiger partial charge is 0.243 e. The molecule has 0 saturated carbocycles. The SMILES string of the molecule is CC[C@@H](C)NC(=O)[C@@H](Cc1ccccc1)N(Cc1c(Cl)cccc1Cl)C(=O)CCCN(c1ccccc1F)S(C)(=O)=O. The first kappa shape index (κ1) is 33.4. The number of nitrogens with zero attached hydrogens (tertiary/aromatic N) is 2. The highest BCUT2D eigenvalue weighted by molar-refractivity contribution is 7.92. The van der Waals surface area contributed by atoms with Crippen LogP contribution in [0.2, 0.25) is 10.0 Å². The third-order valence-electron chi connectivity index (χ3n) is 6.94. The van der Waals surface area contributed by atoms with E-state index < -0.39 is 27.8 Å². The summed E-state index contributed by atoms with van der Waals surface area (Å²) >= 11 is 13.0. The molecule has 3 aromatic rings. The molecule has 0 saturated heterocycles. The molecule has 0 unspecified atom stereocenters. The minimum Gasteiger partial charge on any atom is -0.352 e. The van der Waals surface area contributed by atoms with Crippen molar-refractivity contribution in [3.8, 4) is 0 Å². The van der Waals surface area contributed by atoms with E-state index in [0.717, 1.165) is 16.1 Å². The molecule has 0 radical (unpaired) electrons. The monoisotopic (exact) mass is 635 g/mol. The summed E-state index contributed by atoms with van der Waals surface area (Å²) < 4.78 is 40.5. The molecule has 0 fully saturated rings. The van der Waals surface area contributed by atoms with Gasteiger partial charge in [0, 0.05) is 47.6 Å². The summed E-state index contributed by atoms with van der Waals surface area (Å²) in [6.07, 6.45) is 1.90. The number of hydrogen-bond donors (Lipinski definition) is 1. The Morgan fingerprint density at radius 1 is 0.952 bits per heavy atom. The maximum atomic E-state index is 14.5. The second kappa shape index (κ2) is 15.4. The molecule has 0 spiro atoms. The van der Waals surface area contributed by atoms with Gasteiger partial charge in [-0.05, 0) is 49.6 Å². The molecule has 7 nitrogen and oxygen atoms in total. The van der Waals surface area contributed by atoms with Crippen molar-refractivity contribution in [1.29, 1.82) is 0 Å². The van der Waals surface area contributed by atoms with Crippen molar-refractivity contribution in [2.24, 2.45) is 0 Å². The Bertz CT molecular complexity index is 1450. The number of nitrogens with one attached hydrogen (secondary N) is 1. The third-order valence-corrected chi connectivity index (χ3v) is 8.82. The van der Waals surface area contributed by atoms with Gasteiger partial charge in [-0.3, -0.25) is 13.9 Å². The highest BCUT2D eigenvalue weighted by atomic mass is 35.5. The molecule has 1 N–H and O–H groups in total. The van der Waals surface area contributed by atoms with Crippen molar-refractivity contribution < 1.29 is 22.4 Å². The lowest BCUT2D eigenvalue weighted by Crippen LogP contribution is -2.52. The van der Waals surface area contributed by atoms with Gasteiger partial charge >= 0.3 is 0 Å². The van der Waals surface area contributed by atoms with Gasteiger partial charge in [0.25, 0.3) is 0 Å². The van der Waals surface area contributed by atoms with Crippen LogP contribution in [0, 0.1) is 5.82 Å². The molecule has 0 aliphatic rings. The van der Waals surface area contributed by atoms with Crippen LogP contribution in [-0.2, 0) is 32.6 Å². The van der Waals surface area contributed by atoms with E-state index in [4.69, 9.17) is 23.2 Å². The van der Waals surface area contributed by atoms with E-state index in [-0.39, 0.29) is 50.0 Å². The maximum absolute atomic E-state index is 14.5. The number of benzene rings is 3. The number of amides is 2. The number of anilines is 1. The molecule has 2 amide bonds. The fourth-order valence-corrected chi connectivity index (χ4v) is 5.97. The van der Waals surface area contributed by atoms with Crippen LogP contribution in [0.4, 0.5) is 10.1 Å². The first-order chi connectivity index (χ1) is 19.9. The van der Waals surface area contributed by atoms with E-state index in [1.807, 2.05) is 44.2 Å². The van der Waals surface area contributed by atoms with Crippen molar-refractivity contribution in [1.82, 2.24) is 10.2 Å². The summed E-state index contributed by atoms with van der Waals surface area (Å²) in [5, 5.41) is 3.70. The summed E-state index contributed by atoms with van der Waals surface area (Å²) in [5.41, 5.74) is 1.25. The topological polar surface area (TPSA) is 86.8 Å². The van der Waals surface area contributed by atoms with Gasteiger partial charge in [-0.25, -0.2) is 12.8 Å². The normalized spacial score (nSPS) is 12.8. The first-order valence-corrected chi connectivity index (χ1v) is 16.3. The summed E-state index contributed by atoms with van der Waals surface area (Å²) in [6.45, 7) is 3.67. The zero-order valence-electron chi connectivity index (χ0n) is 23.9. The minimum atomic E-state index is -3.84. The highest BCUT2D eigenvalue weighted by Gasteiger charge is 2.32. The van der Waals surface area contributed by atoms with Crippen molar-refractivity contribution in [2.75, 3.05) is 17.1 Å². The Kier molecular flexibility index (Phi) is 12.2. The lowest BCUT2D eigenvalue weighted by Gasteiger charge is -2.33. The standard InChI is InChI=1S/C31H36Cl2FN3O4S/c1-4-22(2)35-31(39)29(20-23-12-6-5-7-13-23)36(21-24-25(32)14-10-15-26(24)33)30(38)18-11-19-37(42(3,40)41)28-17-9-8-16-27(28)34/h5-10,12-17,22,29H,4,11,18-21H2,1-3H3,(H,35,39)/t22-,29-/m1/s1. The third kappa shape index (κ3) is 9.18. The van der Waals surface area contributed by atoms with Gasteiger partial charge in [0.05, 0.1) is 11.9 Å². The zero-order valence-corrected chi connectivity index (χ0v) is 26.2. The lowest BCUT2D eigenvalue weighted by atomic mass is 10.0. The molecule has 226 valence electrons. The van der Waals surface area contributed by atoms with Crippen molar-refractivity contribution in [2.45, 2.75) is 58.2 Å². The van der Waals surface area contributed by atoms with Crippen LogP contribution in [0.3, 0.4) is 0 Å². The molecular weight excluding hydrogens is 600 g/mol. The minimum absolute atomic E-state index is 0.0358. The van der Waals surface area contributed by atoms with Crippen LogP contribution in [0.15, 0.2) is 72.8 Å². The van der Waals surface area contributed by atoms with Crippen LogP contribution in [-0.4, -0.2) is 50.0 Å². The van der Waals surface area contributed by atoms with Crippen LogP contribution in [0.5, 0.6) is 0 Å². The van der Waals surface area contributed by atoms with Crippen molar-refractivity contribution in [3.63, 3.8) is 0 Å². The largest absolute Gasteiger partial charge is 0.352 e. The van der Waals surface area contributed by atoms with Crippen LogP contribution < -0.4 is 9.62 Å². The van der Waals surface area contributed by atoms with Gasteiger partial charge in [0.2, 0.25) is 21.8 Å². The van der Waals surface area contributed by atoms with Crippen LogP contribution in [0.25, 0.3) is 0 Å². The van der Waals surface area contributed by atoms with Crippen LogP contribution >= 0.6 is 23.2 Å². The number of carbonyl (C=O) groups excluding carboxylic acids is 2. The molecule has 2 atom stereocenters. The van der Waals surface area contributed by atoms with Crippen molar-refractivity contribution in [3.05, 3.63) is 99.8 Å². The van der Waals surface area contributed by atoms with Gasteiger partial charge in [-0.15, -0.1) is 0 Å². The van der Waals surface area contributed by atoms with Gasteiger partial charge in [-0.1, -0.05) is 78.7 Å². The molecule has 0 aliphatic heterocycles. The maximum Gasteiger partial charge on any atom is 0.243 e. The Morgan fingerprint density at radius 3 is 2.17 bits per heavy atom. The first-order valence-electron chi connectivity index (χ1n) is 13.7. The Morgan fingerprint density at radius 2 is 1.57 bits per heavy atom. The molecule has 11 heteroatoms. The molecule has 0 bridgehead atoms. The number of para-hydroxylation sites is 1. The number of halogens is 3. The Hall–Kier alpha value is -3.14. The van der Waals surface area contributed by atoms with Gasteiger partial charge in [0.1, 0.15) is 11.9 Å². The lowest BCUT2D eigenvalue weighted by molar-refractivity contribution is -0.141. The van der Waals surface area contributed by atoms with E-state index >= 15 is 0 Å². The fraction of sp³-hybridized carbons (Fsp3) is 0.355. The molecule has 0 aromatic heterocycles. The average molecular weight is 637 g/mol. The number of hydrogen-bond acceptors (Lipinski definition) is 4. The molecule has 0 heterocycles. The molecule has 3 aromatic carbocycles. The van der Waals surface area contributed by atoms with Gasteiger partial charge in [-0.2, -0.15) is 0 Å². The van der Waals surface area contributed by atoms with E-state index in [9.17, 15) is 22.4 Å². The van der Waals surface area contributed by atoms with E-state index in [0.29, 0.717) is 22.0 Å². The predicted molar refractivity (Wildman–Crippen MR) is 167 cm³/mol. The molecule has 3 rings (SSSR count). The summed E-state index contributed by atoms with van der Waals surface area (Å²) in [7, 11) is -3.84. The Labute approximate surface area is 257 Å². The van der Waals surface area contributed by atoms with Crippen LogP contribution in [0.1, 0.15) is 44.2 Å². The molecule has 0 aliphatic carbocycles. The van der Waals surface area contributed by atoms with E-state index in [1.165, 1.54) is 23.1 Å². The summed E-state index contributed by atoms with van der Waals surface area (Å²) in [5.74, 6) is -1.41. The zero-order chi connectivity index (χ0) is 30.9. The number of sulfonamides is 1. The number of rotatable bonds is 14. The fourth-order valence-electron chi connectivity index (χ4n) is 4.49. The molecular formula is C31H36Cl2FN3O4S. The van der Waals surface area contributed by atoms with E-state index in [1.54, 1.807) is 24.3 Å². The highest BCUT2D eigenvalue weighted by Crippen LogP contribution is 2.28. The van der Waals surface area contributed by atoms with Gasteiger partial charge in [0.15, 0.2) is 0 Å². The van der Waals surface area contributed by atoms with Crippen molar-refractivity contribution >= 4 is 50.7 Å². The average Bonchev–Trinajstić information content (AvgIpc) is 2.94.